The molecule has 0 radical (unpaired) electrons. The van der Waals surface area contributed by atoms with Crippen LogP contribution in [0.4, 0.5) is 0 Å². The van der Waals surface area contributed by atoms with Crippen molar-refractivity contribution < 1.29 is 4.74 Å². The molecule has 2 aromatic rings. The molecule has 0 amide bonds. The van der Waals surface area contributed by atoms with Crippen molar-refractivity contribution in [1.82, 2.24) is 5.01 Å². The quantitative estimate of drug-likeness (QED) is 0.744. The fourth-order valence-electron chi connectivity index (χ4n) is 3.32. The Hall–Kier alpha value is -1.81. The van der Waals surface area contributed by atoms with Crippen LogP contribution in [0.1, 0.15) is 37.4 Å². The van der Waals surface area contributed by atoms with E-state index in [0.29, 0.717) is 5.92 Å². The summed E-state index contributed by atoms with van der Waals surface area (Å²) in [5.41, 5.74) is 3.55. The van der Waals surface area contributed by atoms with Crippen molar-refractivity contribution in [3.05, 3.63) is 64.1 Å². The Kier molecular flexibility index (Phi) is 3.64. The SMILES string of the molecule is CC(C)[C@H]1Oc2ccccc2[C@H]2CC(c3ccc(Br)cc3)=NN21. The first-order chi connectivity index (χ1) is 11.1. The van der Waals surface area contributed by atoms with Gasteiger partial charge in [0.05, 0.1) is 11.8 Å². The number of halogens is 1. The molecule has 4 heteroatoms. The maximum absolute atomic E-state index is 6.22. The minimum atomic E-state index is -0.0113. The molecule has 0 N–H and O–H groups in total. The van der Waals surface area contributed by atoms with Crippen molar-refractivity contribution in [2.24, 2.45) is 11.0 Å². The Morgan fingerprint density at radius 1 is 1.13 bits per heavy atom. The van der Waals surface area contributed by atoms with Crippen molar-refractivity contribution in [1.29, 1.82) is 0 Å². The average Bonchev–Trinajstić information content (AvgIpc) is 3.00. The largest absolute Gasteiger partial charge is 0.468 e. The van der Waals surface area contributed by atoms with Crippen LogP contribution in [0.2, 0.25) is 0 Å². The van der Waals surface area contributed by atoms with Gasteiger partial charge in [0.15, 0.2) is 6.23 Å². The van der Waals surface area contributed by atoms with E-state index in [4.69, 9.17) is 9.84 Å². The van der Waals surface area contributed by atoms with Crippen LogP contribution in [-0.2, 0) is 0 Å². The van der Waals surface area contributed by atoms with Crippen LogP contribution in [0.3, 0.4) is 0 Å². The maximum Gasteiger partial charge on any atom is 0.190 e. The first-order valence-corrected chi connectivity index (χ1v) is 8.80. The van der Waals surface area contributed by atoms with E-state index in [1.807, 2.05) is 6.07 Å². The summed E-state index contributed by atoms with van der Waals surface area (Å²) in [4.78, 5) is 0. The van der Waals surface area contributed by atoms with Crippen molar-refractivity contribution in [2.75, 3.05) is 0 Å². The monoisotopic (exact) mass is 370 g/mol. The molecule has 118 valence electrons. The summed E-state index contributed by atoms with van der Waals surface area (Å²) in [5, 5.41) is 7.08. The van der Waals surface area contributed by atoms with Crippen LogP contribution in [0.5, 0.6) is 5.75 Å². The zero-order valence-corrected chi connectivity index (χ0v) is 14.8. The molecule has 0 bridgehead atoms. The van der Waals surface area contributed by atoms with Crippen LogP contribution in [-0.4, -0.2) is 16.9 Å². The first kappa shape index (κ1) is 14.8. The Balaban J connectivity index is 1.74. The van der Waals surface area contributed by atoms with Gasteiger partial charge < -0.3 is 4.74 Å². The van der Waals surface area contributed by atoms with Gasteiger partial charge in [-0.05, 0) is 23.8 Å². The fraction of sp³-hybridized carbons (Fsp3) is 0.316. The predicted molar refractivity (Wildman–Crippen MR) is 95.6 cm³/mol. The molecule has 2 aliphatic rings. The fourth-order valence-corrected chi connectivity index (χ4v) is 3.58. The minimum absolute atomic E-state index is 0.0113. The number of ether oxygens (including phenoxy) is 1. The second kappa shape index (κ2) is 5.68. The lowest BCUT2D eigenvalue weighted by Gasteiger charge is -2.39. The smallest absolute Gasteiger partial charge is 0.190 e. The second-order valence-corrected chi connectivity index (χ2v) is 7.36. The Labute approximate surface area is 145 Å². The van der Waals surface area contributed by atoms with Crippen LogP contribution in [0, 0.1) is 5.92 Å². The molecule has 2 heterocycles. The molecular weight excluding hydrogens is 352 g/mol. The van der Waals surface area contributed by atoms with E-state index in [0.717, 1.165) is 22.4 Å². The number of nitrogens with zero attached hydrogens (tertiary/aromatic N) is 2. The Bertz CT molecular complexity index is 754. The van der Waals surface area contributed by atoms with Crippen molar-refractivity contribution >= 4 is 21.6 Å². The maximum atomic E-state index is 6.22. The minimum Gasteiger partial charge on any atom is -0.468 e. The summed E-state index contributed by atoms with van der Waals surface area (Å²) in [6.07, 6.45) is 0.911. The number of hydrogen-bond donors (Lipinski definition) is 0. The highest BCUT2D eigenvalue weighted by atomic mass is 79.9. The first-order valence-electron chi connectivity index (χ1n) is 8.01. The third-order valence-corrected chi connectivity index (χ3v) is 5.01. The van der Waals surface area contributed by atoms with Crippen molar-refractivity contribution in [2.45, 2.75) is 32.5 Å². The number of benzene rings is 2. The molecule has 2 aromatic carbocycles. The van der Waals surface area contributed by atoms with Gasteiger partial charge in [-0.25, -0.2) is 5.01 Å². The molecule has 0 saturated heterocycles. The summed E-state index contributed by atoms with van der Waals surface area (Å²) < 4.78 is 7.31. The highest BCUT2D eigenvalue weighted by Gasteiger charge is 2.41. The molecule has 2 aliphatic heterocycles. The standard InChI is InChI=1S/C19H19BrN2O/c1-12(2)19-22-17(15-5-3-4-6-18(15)23-19)11-16(21-22)13-7-9-14(20)10-8-13/h3-10,12,17,19H,11H2,1-2H3/t17-,19-/m1/s1. The lowest BCUT2D eigenvalue weighted by atomic mass is 9.95. The summed E-state index contributed by atoms with van der Waals surface area (Å²) in [6.45, 7) is 4.37. The average molecular weight is 371 g/mol. The zero-order chi connectivity index (χ0) is 16.0. The number of fused-ring (bicyclic) bond motifs is 3. The Morgan fingerprint density at radius 3 is 2.61 bits per heavy atom. The van der Waals surface area contributed by atoms with Gasteiger partial charge in [-0.2, -0.15) is 5.10 Å². The lowest BCUT2D eigenvalue weighted by molar-refractivity contribution is -0.0461. The van der Waals surface area contributed by atoms with E-state index in [2.05, 4.69) is 77.3 Å². The molecule has 0 aromatic heterocycles. The van der Waals surface area contributed by atoms with Crippen LogP contribution < -0.4 is 4.74 Å². The highest BCUT2D eigenvalue weighted by molar-refractivity contribution is 9.10. The normalized spacial score (nSPS) is 22.4. The molecule has 3 nitrogen and oxygen atoms in total. The van der Waals surface area contributed by atoms with Gasteiger partial charge in [-0.15, -0.1) is 0 Å². The second-order valence-electron chi connectivity index (χ2n) is 6.44. The van der Waals surface area contributed by atoms with Gasteiger partial charge in [-0.3, -0.25) is 0 Å². The van der Waals surface area contributed by atoms with Gasteiger partial charge >= 0.3 is 0 Å². The van der Waals surface area contributed by atoms with Crippen molar-refractivity contribution in [3.8, 4) is 5.75 Å². The number of hydrazone groups is 1. The summed E-state index contributed by atoms with van der Waals surface area (Å²) in [5.74, 6) is 1.37. The lowest BCUT2D eigenvalue weighted by Crippen LogP contribution is -2.43. The molecule has 0 spiro atoms. The molecule has 0 saturated carbocycles. The van der Waals surface area contributed by atoms with E-state index in [1.54, 1.807) is 0 Å². The molecule has 0 aliphatic carbocycles. The summed E-state index contributed by atoms with van der Waals surface area (Å²) in [7, 11) is 0. The predicted octanol–water partition coefficient (Wildman–Crippen LogP) is 4.97. The van der Waals surface area contributed by atoms with E-state index < -0.39 is 0 Å². The van der Waals surface area contributed by atoms with Crippen LogP contribution in [0.15, 0.2) is 58.1 Å². The topological polar surface area (TPSA) is 24.8 Å². The molecule has 4 rings (SSSR count). The zero-order valence-electron chi connectivity index (χ0n) is 13.2. The number of rotatable bonds is 2. The highest BCUT2D eigenvalue weighted by Crippen LogP contribution is 2.44. The molecule has 0 fully saturated rings. The molecule has 2 atom stereocenters. The van der Waals surface area contributed by atoms with E-state index in [1.165, 1.54) is 11.1 Å². The third-order valence-electron chi connectivity index (χ3n) is 4.48. The third kappa shape index (κ3) is 2.55. The van der Waals surface area contributed by atoms with Crippen molar-refractivity contribution in [3.63, 3.8) is 0 Å². The molecule has 0 unspecified atom stereocenters. The number of hydrogen-bond acceptors (Lipinski definition) is 3. The van der Waals surface area contributed by atoms with E-state index in [9.17, 15) is 0 Å². The van der Waals surface area contributed by atoms with Gasteiger partial charge in [0.1, 0.15) is 5.75 Å². The number of para-hydroxylation sites is 1. The van der Waals surface area contributed by atoms with Gasteiger partial charge in [0, 0.05) is 22.4 Å². The van der Waals surface area contributed by atoms with E-state index in [-0.39, 0.29) is 12.3 Å². The van der Waals surface area contributed by atoms with Crippen LogP contribution >= 0.6 is 15.9 Å². The summed E-state index contributed by atoms with van der Waals surface area (Å²) >= 11 is 3.49. The van der Waals surface area contributed by atoms with Gasteiger partial charge in [0.25, 0.3) is 0 Å². The molecular formula is C19H19BrN2O. The van der Waals surface area contributed by atoms with Crippen LogP contribution in [0.25, 0.3) is 0 Å². The van der Waals surface area contributed by atoms with Gasteiger partial charge in [0.2, 0.25) is 0 Å². The molecule has 23 heavy (non-hydrogen) atoms. The Morgan fingerprint density at radius 2 is 1.87 bits per heavy atom. The summed E-state index contributed by atoms with van der Waals surface area (Å²) in [6, 6.07) is 17.0. The van der Waals surface area contributed by atoms with Gasteiger partial charge in [-0.1, -0.05) is 60.1 Å². The van der Waals surface area contributed by atoms with E-state index >= 15 is 0 Å².